The first-order valence-electron chi connectivity index (χ1n) is 8.17. The largest absolute Gasteiger partial charge is 0.485 e. The van der Waals surface area contributed by atoms with Crippen LogP contribution in [0, 0.1) is 0 Å². The quantitative estimate of drug-likeness (QED) is 0.506. The molecule has 0 fully saturated rings. The number of hydrogen-bond acceptors (Lipinski definition) is 5. The Bertz CT molecular complexity index is 1100. The predicted octanol–water partition coefficient (Wildman–Crippen LogP) is 5.18. The lowest BCUT2D eigenvalue weighted by Gasteiger charge is -2.11. The summed E-state index contributed by atoms with van der Waals surface area (Å²) in [6.07, 6.45) is 5.00. The molecule has 1 N–H and O–H groups in total. The molecule has 1 aromatic carbocycles. The first kappa shape index (κ1) is 17.5. The third kappa shape index (κ3) is 3.77. The molecule has 4 aromatic rings. The van der Waals surface area contributed by atoms with Crippen LogP contribution < -0.4 is 10.1 Å². The Morgan fingerprint density at radius 2 is 1.89 bits per heavy atom. The van der Waals surface area contributed by atoms with Crippen LogP contribution in [0.3, 0.4) is 0 Å². The van der Waals surface area contributed by atoms with Gasteiger partial charge in [0.1, 0.15) is 11.5 Å². The van der Waals surface area contributed by atoms with Crippen molar-refractivity contribution in [3.63, 3.8) is 0 Å². The van der Waals surface area contributed by atoms with Gasteiger partial charge in [0.05, 0.1) is 5.02 Å². The van der Waals surface area contributed by atoms with Gasteiger partial charge in [0.15, 0.2) is 11.6 Å². The van der Waals surface area contributed by atoms with Gasteiger partial charge in [-0.15, -0.1) is 11.3 Å². The maximum Gasteiger partial charge on any atom is 0.268 e. The molecule has 5 nitrogen and oxygen atoms in total. The highest BCUT2D eigenvalue weighted by atomic mass is 35.5. The Kier molecular flexibility index (Phi) is 5.00. The fourth-order valence-electron chi connectivity index (χ4n) is 2.57. The Morgan fingerprint density at radius 1 is 1.07 bits per heavy atom. The number of fused-ring (bicyclic) bond motifs is 1. The second-order valence-corrected chi connectivity index (χ2v) is 7.12. The summed E-state index contributed by atoms with van der Waals surface area (Å²) in [5, 5.41) is 4.12. The third-order valence-electron chi connectivity index (χ3n) is 3.89. The highest BCUT2D eigenvalue weighted by Gasteiger charge is 2.18. The van der Waals surface area contributed by atoms with Crippen LogP contribution in [0.2, 0.25) is 5.02 Å². The van der Waals surface area contributed by atoms with Gasteiger partial charge >= 0.3 is 0 Å². The summed E-state index contributed by atoms with van der Waals surface area (Å²) in [5.41, 5.74) is 0.971. The van der Waals surface area contributed by atoms with Gasteiger partial charge in [-0.05, 0) is 35.9 Å². The number of halogens is 1. The molecule has 0 atom stereocenters. The van der Waals surface area contributed by atoms with Crippen molar-refractivity contribution in [3.8, 4) is 5.75 Å². The van der Waals surface area contributed by atoms with Crippen LogP contribution in [-0.4, -0.2) is 15.9 Å². The minimum atomic E-state index is -0.311. The van der Waals surface area contributed by atoms with Crippen molar-refractivity contribution in [2.24, 2.45) is 0 Å². The number of ether oxygens (including phenoxy) is 1. The summed E-state index contributed by atoms with van der Waals surface area (Å²) < 4.78 is 6.78. The molecule has 0 saturated carbocycles. The van der Waals surface area contributed by atoms with Crippen molar-refractivity contribution >= 4 is 44.7 Å². The van der Waals surface area contributed by atoms with Crippen molar-refractivity contribution < 1.29 is 9.53 Å². The molecular weight excluding hydrogens is 382 g/mol. The number of rotatable bonds is 5. The number of carbonyl (C=O) groups excluding carboxylic acids is 1. The monoisotopic (exact) mass is 395 g/mol. The van der Waals surface area contributed by atoms with Crippen molar-refractivity contribution in [1.29, 1.82) is 0 Å². The molecule has 0 aliphatic heterocycles. The van der Waals surface area contributed by atoms with Gasteiger partial charge in [-0.2, -0.15) is 0 Å². The molecular formula is C20H14ClN3O2S. The van der Waals surface area contributed by atoms with E-state index in [1.165, 1.54) is 11.3 Å². The molecule has 3 aromatic heterocycles. The zero-order valence-electron chi connectivity index (χ0n) is 14.1. The van der Waals surface area contributed by atoms with Crippen LogP contribution in [0.4, 0.5) is 5.82 Å². The Morgan fingerprint density at radius 3 is 2.70 bits per heavy atom. The molecule has 0 unspecified atom stereocenters. The predicted molar refractivity (Wildman–Crippen MR) is 108 cm³/mol. The molecule has 0 aliphatic carbocycles. The smallest absolute Gasteiger partial charge is 0.268 e. The Hall–Kier alpha value is -2.96. The lowest BCUT2D eigenvalue weighted by Crippen LogP contribution is -2.13. The summed E-state index contributed by atoms with van der Waals surface area (Å²) in [6, 6.07) is 14.9. The second kappa shape index (κ2) is 7.73. The van der Waals surface area contributed by atoms with Crippen molar-refractivity contribution in [2.75, 3.05) is 5.32 Å². The van der Waals surface area contributed by atoms with E-state index in [-0.39, 0.29) is 5.91 Å². The van der Waals surface area contributed by atoms with E-state index < -0.39 is 0 Å². The van der Waals surface area contributed by atoms with E-state index >= 15 is 0 Å². The third-order valence-corrected chi connectivity index (χ3v) is 5.56. The first-order valence-corrected chi connectivity index (χ1v) is 9.37. The van der Waals surface area contributed by atoms with Crippen LogP contribution in [-0.2, 0) is 6.61 Å². The molecule has 0 bridgehead atoms. The molecule has 7 heteroatoms. The van der Waals surface area contributed by atoms with Gasteiger partial charge in [-0.3, -0.25) is 9.78 Å². The summed E-state index contributed by atoms with van der Waals surface area (Å²) in [4.78, 5) is 21.4. The zero-order chi connectivity index (χ0) is 18.6. The average molecular weight is 396 g/mol. The molecule has 134 valence electrons. The molecule has 0 radical (unpaired) electrons. The van der Waals surface area contributed by atoms with Gasteiger partial charge < -0.3 is 10.1 Å². The van der Waals surface area contributed by atoms with Crippen LogP contribution in [0.1, 0.15) is 15.2 Å². The number of anilines is 1. The molecule has 0 spiro atoms. The Balaban J connectivity index is 1.55. The first-order chi connectivity index (χ1) is 13.2. The fourth-order valence-corrected chi connectivity index (χ4v) is 3.98. The van der Waals surface area contributed by atoms with E-state index in [1.54, 1.807) is 30.7 Å². The summed E-state index contributed by atoms with van der Waals surface area (Å²) in [5.74, 6) is 0.527. The molecule has 1 amide bonds. The van der Waals surface area contributed by atoms with E-state index in [0.29, 0.717) is 28.1 Å². The van der Waals surface area contributed by atoms with Crippen molar-refractivity contribution in [3.05, 3.63) is 82.6 Å². The van der Waals surface area contributed by atoms with E-state index in [0.717, 1.165) is 15.6 Å². The van der Waals surface area contributed by atoms with E-state index in [1.807, 2.05) is 36.4 Å². The van der Waals surface area contributed by atoms with E-state index in [2.05, 4.69) is 15.3 Å². The molecule has 0 saturated heterocycles. The van der Waals surface area contributed by atoms with Gasteiger partial charge in [0.2, 0.25) is 0 Å². The highest BCUT2D eigenvalue weighted by Crippen LogP contribution is 2.36. The molecule has 3 heterocycles. The number of carbonyl (C=O) groups is 1. The lowest BCUT2D eigenvalue weighted by atomic mass is 10.2. The standard InChI is InChI=1S/C20H14ClN3O2S/c21-17-14-4-1-2-6-16(14)27-18(17)20(25)24-19-15(5-3-9-23-19)26-12-13-7-10-22-11-8-13/h1-11H,12H2,(H,23,24,25). The van der Waals surface area contributed by atoms with Gasteiger partial charge in [0, 0.05) is 28.7 Å². The second-order valence-electron chi connectivity index (χ2n) is 5.69. The molecule has 27 heavy (non-hydrogen) atoms. The van der Waals surface area contributed by atoms with Gasteiger partial charge in [-0.1, -0.05) is 29.8 Å². The number of nitrogens with one attached hydrogen (secondary N) is 1. The topological polar surface area (TPSA) is 64.1 Å². The summed E-state index contributed by atoms with van der Waals surface area (Å²) in [7, 11) is 0. The summed E-state index contributed by atoms with van der Waals surface area (Å²) >= 11 is 7.74. The SMILES string of the molecule is O=C(Nc1ncccc1OCc1ccncc1)c1sc2ccccc2c1Cl. The van der Waals surface area contributed by atoms with Crippen LogP contribution in [0.5, 0.6) is 5.75 Å². The minimum Gasteiger partial charge on any atom is -0.485 e. The molecule has 0 aliphatic rings. The number of pyridine rings is 2. The van der Waals surface area contributed by atoms with Crippen LogP contribution >= 0.6 is 22.9 Å². The minimum absolute atomic E-state index is 0.311. The van der Waals surface area contributed by atoms with E-state index in [4.69, 9.17) is 16.3 Å². The summed E-state index contributed by atoms with van der Waals surface area (Å²) in [6.45, 7) is 0.348. The average Bonchev–Trinajstić information content (AvgIpc) is 3.05. The van der Waals surface area contributed by atoms with Crippen molar-refractivity contribution in [2.45, 2.75) is 6.61 Å². The number of nitrogens with zero attached hydrogens (tertiary/aromatic N) is 2. The number of thiophene rings is 1. The van der Waals surface area contributed by atoms with Crippen molar-refractivity contribution in [1.82, 2.24) is 9.97 Å². The Labute approximate surface area is 164 Å². The maximum atomic E-state index is 12.7. The van der Waals surface area contributed by atoms with Crippen LogP contribution in [0.15, 0.2) is 67.1 Å². The lowest BCUT2D eigenvalue weighted by molar-refractivity contribution is 0.102. The highest BCUT2D eigenvalue weighted by molar-refractivity contribution is 7.21. The maximum absolute atomic E-state index is 12.7. The number of amides is 1. The van der Waals surface area contributed by atoms with E-state index in [9.17, 15) is 4.79 Å². The number of benzene rings is 1. The van der Waals surface area contributed by atoms with Crippen LogP contribution in [0.25, 0.3) is 10.1 Å². The molecule has 4 rings (SSSR count). The fraction of sp³-hybridized carbons (Fsp3) is 0.0500. The van der Waals surface area contributed by atoms with Gasteiger partial charge in [0.25, 0.3) is 5.91 Å². The van der Waals surface area contributed by atoms with Gasteiger partial charge in [-0.25, -0.2) is 4.98 Å². The number of aromatic nitrogens is 2. The number of hydrogen-bond donors (Lipinski definition) is 1. The zero-order valence-corrected chi connectivity index (χ0v) is 15.6. The normalized spacial score (nSPS) is 10.7.